The second-order valence-electron chi connectivity index (χ2n) is 7.32. The molecule has 0 atom stereocenters. The summed E-state index contributed by atoms with van der Waals surface area (Å²) in [6.07, 6.45) is 3.55. The maximum Gasteiger partial charge on any atom is 0.132 e. The van der Waals surface area contributed by atoms with Gasteiger partial charge in [0, 0.05) is 33.4 Å². The molecule has 0 radical (unpaired) electrons. The Morgan fingerprint density at radius 2 is 1.71 bits per heavy atom. The number of nitrogen functional groups attached to an aromatic ring is 1. The van der Waals surface area contributed by atoms with E-state index in [9.17, 15) is 0 Å². The van der Waals surface area contributed by atoms with E-state index in [0.29, 0.717) is 5.82 Å². The average Bonchev–Trinajstić information content (AvgIpc) is 2.66. The predicted octanol–water partition coefficient (Wildman–Crippen LogP) is 4.34. The molecular weight excluding hydrogens is 328 g/mol. The zero-order valence-corrected chi connectivity index (χ0v) is 15.1. The van der Waals surface area contributed by atoms with Crippen LogP contribution in [0.5, 0.6) is 0 Å². The van der Waals surface area contributed by atoms with Crippen LogP contribution in [-0.2, 0) is 11.0 Å². The monoisotopic (exact) mass is 350 g/mol. The summed E-state index contributed by atoms with van der Waals surface area (Å²) in [6, 6.07) is 1.99. The third-order valence-corrected chi connectivity index (χ3v) is 3.67. The van der Waals surface area contributed by atoms with Crippen molar-refractivity contribution in [2.24, 2.45) is 0 Å². The molecule has 4 nitrogen and oxygen atoms in total. The zero-order chi connectivity index (χ0) is 16.0. The maximum atomic E-state index is 6.43. The molecule has 2 heterocycles. The molecule has 0 spiro atoms. The standard InChI is InChI=1S/C16H23BrN4/c1-15(2,3)14-20-12(10-7-11(17)9-19-8-10)13(18)21(14)16(4,5)6/h7-9H,18H2,1-6H3. The summed E-state index contributed by atoms with van der Waals surface area (Å²) in [5.74, 6) is 1.68. The van der Waals surface area contributed by atoms with E-state index in [4.69, 9.17) is 10.7 Å². The van der Waals surface area contributed by atoms with Crippen molar-refractivity contribution >= 4 is 21.7 Å². The number of nitrogens with two attached hydrogens (primary N) is 1. The van der Waals surface area contributed by atoms with Gasteiger partial charge in [0.1, 0.15) is 17.3 Å². The number of anilines is 1. The minimum absolute atomic E-state index is 0.0842. The van der Waals surface area contributed by atoms with Crippen LogP contribution in [0.2, 0.25) is 0 Å². The first kappa shape index (κ1) is 16.0. The van der Waals surface area contributed by atoms with E-state index in [2.05, 4.69) is 67.0 Å². The molecule has 21 heavy (non-hydrogen) atoms. The summed E-state index contributed by atoms with van der Waals surface area (Å²) >= 11 is 3.45. The predicted molar refractivity (Wildman–Crippen MR) is 91.3 cm³/mol. The molecule has 0 bridgehead atoms. The largest absolute Gasteiger partial charge is 0.383 e. The third-order valence-electron chi connectivity index (χ3n) is 3.23. The van der Waals surface area contributed by atoms with Crippen molar-refractivity contribution in [1.29, 1.82) is 0 Å². The maximum absolute atomic E-state index is 6.43. The molecular formula is C16H23BrN4. The first-order valence-electron chi connectivity index (χ1n) is 7.02. The SMILES string of the molecule is CC(C)(C)c1nc(-c2cncc(Br)c2)c(N)n1C(C)(C)C. The molecule has 0 aliphatic rings. The molecule has 0 amide bonds. The van der Waals surface area contributed by atoms with Gasteiger partial charge in [-0.3, -0.25) is 4.98 Å². The van der Waals surface area contributed by atoms with Crippen LogP contribution in [0.15, 0.2) is 22.9 Å². The minimum Gasteiger partial charge on any atom is -0.383 e. The number of imidazole rings is 1. The van der Waals surface area contributed by atoms with Crippen molar-refractivity contribution in [3.8, 4) is 11.3 Å². The highest BCUT2D eigenvalue weighted by Crippen LogP contribution is 2.36. The fourth-order valence-electron chi connectivity index (χ4n) is 2.37. The van der Waals surface area contributed by atoms with E-state index in [0.717, 1.165) is 21.6 Å². The van der Waals surface area contributed by atoms with Crippen LogP contribution in [-0.4, -0.2) is 14.5 Å². The summed E-state index contributed by atoms with van der Waals surface area (Å²) in [5, 5.41) is 0. The number of hydrogen-bond donors (Lipinski definition) is 1. The molecule has 0 saturated heterocycles. The Morgan fingerprint density at radius 1 is 1.10 bits per heavy atom. The number of rotatable bonds is 1. The number of nitrogens with zero attached hydrogens (tertiary/aromatic N) is 3. The van der Waals surface area contributed by atoms with Gasteiger partial charge in [-0.25, -0.2) is 4.98 Å². The lowest BCUT2D eigenvalue weighted by Gasteiger charge is -2.29. The Morgan fingerprint density at radius 3 is 2.14 bits per heavy atom. The Labute approximate surface area is 134 Å². The van der Waals surface area contributed by atoms with E-state index in [1.807, 2.05) is 6.07 Å². The molecule has 2 N–H and O–H groups in total. The normalized spacial score (nSPS) is 12.7. The Bertz CT molecular complexity index is 660. The van der Waals surface area contributed by atoms with Crippen LogP contribution in [0.25, 0.3) is 11.3 Å². The lowest BCUT2D eigenvalue weighted by molar-refractivity contribution is 0.359. The van der Waals surface area contributed by atoms with Crippen LogP contribution in [0, 0.1) is 0 Å². The van der Waals surface area contributed by atoms with Gasteiger partial charge >= 0.3 is 0 Å². The van der Waals surface area contributed by atoms with Gasteiger partial charge in [-0.1, -0.05) is 20.8 Å². The smallest absolute Gasteiger partial charge is 0.132 e. The third kappa shape index (κ3) is 3.12. The van der Waals surface area contributed by atoms with Gasteiger partial charge in [-0.2, -0.15) is 0 Å². The second-order valence-corrected chi connectivity index (χ2v) is 8.23. The molecule has 2 rings (SSSR count). The van der Waals surface area contributed by atoms with Gasteiger partial charge in [0.25, 0.3) is 0 Å². The van der Waals surface area contributed by atoms with Crippen LogP contribution in [0.1, 0.15) is 47.4 Å². The molecule has 0 saturated carbocycles. The lowest BCUT2D eigenvalue weighted by atomic mass is 9.94. The Hall–Kier alpha value is -1.36. The van der Waals surface area contributed by atoms with E-state index < -0.39 is 0 Å². The summed E-state index contributed by atoms with van der Waals surface area (Å²) in [7, 11) is 0. The van der Waals surface area contributed by atoms with E-state index in [1.165, 1.54) is 0 Å². The number of halogens is 1. The Balaban J connectivity index is 2.74. The molecule has 0 fully saturated rings. The van der Waals surface area contributed by atoms with E-state index in [-0.39, 0.29) is 11.0 Å². The second kappa shape index (κ2) is 5.13. The summed E-state index contributed by atoms with van der Waals surface area (Å²) in [6.45, 7) is 12.9. The quantitative estimate of drug-likeness (QED) is 0.831. The first-order chi connectivity index (χ1) is 9.51. The van der Waals surface area contributed by atoms with Gasteiger partial charge < -0.3 is 10.3 Å². The van der Waals surface area contributed by atoms with Crippen molar-refractivity contribution in [3.05, 3.63) is 28.8 Å². The van der Waals surface area contributed by atoms with Crippen LogP contribution < -0.4 is 5.73 Å². The fourth-order valence-corrected chi connectivity index (χ4v) is 2.73. The molecule has 2 aromatic heterocycles. The molecule has 0 aliphatic carbocycles. The number of hydrogen-bond acceptors (Lipinski definition) is 3. The molecule has 0 aromatic carbocycles. The molecule has 0 aliphatic heterocycles. The van der Waals surface area contributed by atoms with Crippen molar-refractivity contribution in [2.75, 3.05) is 5.73 Å². The number of aromatic nitrogens is 3. The van der Waals surface area contributed by atoms with Gasteiger partial charge in [-0.15, -0.1) is 0 Å². The number of pyridine rings is 1. The van der Waals surface area contributed by atoms with Gasteiger partial charge in [-0.05, 0) is 42.8 Å². The van der Waals surface area contributed by atoms with Crippen LogP contribution in [0.4, 0.5) is 5.82 Å². The summed E-state index contributed by atoms with van der Waals surface area (Å²) in [4.78, 5) is 9.05. The molecule has 2 aromatic rings. The zero-order valence-electron chi connectivity index (χ0n) is 13.5. The van der Waals surface area contributed by atoms with Gasteiger partial charge in [0.15, 0.2) is 0 Å². The summed E-state index contributed by atoms with van der Waals surface area (Å²) in [5.41, 5.74) is 7.94. The minimum atomic E-state index is -0.128. The first-order valence-corrected chi connectivity index (χ1v) is 7.81. The van der Waals surface area contributed by atoms with Crippen molar-refractivity contribution in [2.45, 2.75) is 52.5 Å². The molecule has 0 unspecified atom stereocenters. The molecule has 114 valence electrons. The van der Waals surface area contributed by atoms with E-state index in [1.54, 1.807) is 12.4 Å². The average molecular weight is 351 g/mol. The fraction of sp³-hybridized carbons (Fsp3) is 0.500. The highest BCUT2D eigenvalue weighted by atomic mass is 79.9. The van der Waals surface area contributed by atoms with Gasteiger partial charge in [0.05, 0.1) is 0 Å². The topological polar surface area (TPSA) is 56.7 Å². The van der Waals surface area contributed by atoms with Crippen molar-refractivity contribution in [1.82, 2.24) is 14.5 Å². The lowest BCUT2D eigenvalue weighted by Crippen LogP contribution is -2.30. The van der Waals surface area contributed by atoms with Crippen molar-refractivity contribution < 1.29 is 0 Å². The highest BCUT2D eigenvalue weighted by Gasteiger charge is 2.30. The van der Waals surface area contributed by atoms with Gasteiger partial charge in [0.2, 0.25) is 0 Å². The van der Waals surface area contributed by atoms with Crippen LogP contribution >= 0.6 is 15.9 Å². The van der Waals surface area contributed by atoms with E-state index >= 15 is 0 Å². The van der Waals surface area contributed by atoms with Crippen molar-refractivity contribution in [3.63, 3.8) is 0 Å². The Kier molecular flexibility index (Phi) is 3.91. The highest BCUT2D eigenvalue weighted by molar-refractivity contribution is 9.10. The van der Waals surface area contributed by atoms with Crippen LogP contribution in [0.3, 0.4) is 0 Å². The summed E-state index contributed by atoms with van der Waals surface area (Å²) < 4.78 is 3.05. The molecule has 5 heteroatoms.